The van der Waals surface area contributed by atoms with Gasteiger partial charge >= 0.3 is 0 Å². The number of amides is 1. The van der Waals surface area contributed by atoms with Crippen LogP contribution in [0.5, 0.6) is 0 Å². The number of carbonyl (C=O) groups is 1. The molecule has 0 aliphatic carbocycles. The highest BCUT2D eigenvalue weighted by atomic mass is 16.5. The van der Waals surface area contributed by atoms with Crippen molar-refractivity contribution in [1.82, 2.24) is 10.5 Å². The zero-order valence-electron chi connectivity index (χ0n) is 16.0. The number of rotatable bonds is 5. The van der Waals surface area contributed by atoms with E-state index in [-0.39, 0.29) is 18.4 Å². The van der Waals surface area contributed by atoms with E-state index in [1.807, 2.05) is 86.6 Å². The summed E-state index contributed by atoms with van der Waals surface area (Å²) in [6, 6.07) is 23.8. The minimum absolute atomic E-state index is 0.0915. The normalized spacial score (nSPS) is 11.1. The van der Waals surface area contributed by atoms with Crippen LogP contribution in [0.1, 0.15) is 34.0 Å². The predicted octanol–water partition coefficient (Wildman–Crippen LogP) is 4.89. The number of nitrogens with one attached hydrogen (secondary N) is 1. The lowest BCUT2D eigenvalue weighted by atomic mass is 9.98. The highest BCUT2D eigenvalue weighted by Crippen LogP contribution is 2.25. The Labute approximate surface area is 164 Å². The van der Waals surface area contributed by atoms with E-state index in [2.05, 4.69) is 10.5 Å². The Morgan fingerprint density at radius 2 is 1.50 bits per heavy atom. The molecular weight excluding hydrogens is 348 g/mol. The summed E-state index contributed by atoms with van der Waals surface area (Å²) in [5.74, 6) is -0.0915. The van der Waals surface area contributed by atoms with Gasteiger partial charge in [0.05, 0.1) is 12.5 Å². The van der Waals surface area contributed by atoms with Gasteiger partial charge in [0.15, 0.2) is 5.58 Å². The van der Waals surface area contributed by atoms with Crippen LogP contribution in [0, 0.1) is 13.8 Å². The summed E-state index contributed by atoms with van der Waals surface area (Å²) in [5.41, 5.74) is 5.76. The van der Waals surface area contributed by atoms with Crippen LogP contribution in [0.25, 0.3) is 11.0 Å². The van der Waals surface area contributed by atoms with Crippen molar-refractivity contribution in [3.8, 4) is 0 Å². The minimum Gasteiger partial charge on any atom is -0.356 e. The maximum Gasteiger partial charge on any atom is 0.226 e. The van der Waals surface area contributed by atoms with E-state index in [4.69, 9.17) is 4.52 Å². The van der Waals surface area contributed by atoms with E-state index in [1.165, 1.54) is 0 Å². The van der Waals surface area contributed by atoms with Crippen LogP contribution < -0.4 is 5.32 Å². The lowest BCUT2D eigenvalue weighted by Gasteiger charge is -2.19. The van der Waals surface area contributed by atoms with E-state index in [0.717, 1.165) is 27.6 Å². The first-order chi connectivity index (χ1) is 13.6. The van der Waals surface area contributed by atoms with Gasteiger partial charge < -0.3 is 9.84 Å². The monoisotopic (exact) mass is 370 g/mol. The molecule has 0 saturated carbocycles. The van der Waals surface area contributed by atoms with Crippen molar-refractivity contribution >= 4 is 16.9 Å². The van der Waals surface area contributed by atoms with Gasteiger partial charge in [-0.15, -0.1) is 0 Å². The molecule has 0 aliphatic rings. The summed E-state index contributed by atoms with van der Waals surface area (Å²) in [5, 5.41) is 8.19. The highest BCUT2D eigenvalue weighted by molar-refractivity contribution is 5.87. The zero-order chi connectivity index (χ0) is 19.5. The van der Waals surface area contributed by atoms with Crippen LogP contribution in [-0.4, -0.2) is 11.1 Å². The molecule has 0 saturated heterocycles. The zero-order valence-corrected chi connectivity index (χ0v) is 16.0. The van der Waals surface area contributed by atoms with Gasteiger partial charge in [-0.05, 0) is 48.2 Å². The Morgan fingerprint density at radius 1 is 0.929 bits per heavy atom. The molecule has 0 bridgehead atoms. The SMILES string of the molecule is Cc1cc2onc(CC(=O)NC(c3ccccc3)c3ccccc3)c2cc1C. The third-order valence-corrected chi connectivity index (χ3v) is 5.06. The van der Waals surface area contributed by atoms with E-state index >= 15 is 0 Å². The standard InChI is InChI=1S/C24H22N2O2/c1-16-13-20-21(26-28-22(20)14-17(16)2)15-23(27)25-24(18-9-5-3-6-10-18)19-11-7-4-8-12-19/h3-14,24H,15H2,1-2H3,(H,25,27). The molecule has 4 nitrogen and oxygen atoms in total. The second-order valence-corrected chi connectivity index (χ2v) is 7.06. The molecule has 4 heteroatoms. The topological polar surface area (TPSA) is 55.1 Å². The summed E-state index contributed by atoms with van der Waals surface area (Å²) in [7, 11) is 0. The Bertz CT molecular complexity index is 1060. The summed E-state index contributed by atoms with van der Waals surface area (Å²) >= 11 is 0. The molecule has 4 rings (SSSR count). The number of nitrogens with zero attached hydrogens (tertiary/aromatic N) is 1. The number of aromatic nitrogens is 1. The number of benzene rings is 3. The van der Waals surface area contributed by atoms with Gasteiger partial charge in [0, 0.05) is 5.39 Å². The number of aryl methyl sites for hydroxylation is 2. The Kier molecular flexibility index (Phi) is 4.94. The van der Waals surface area contributed by atoms with Gasteiger partial charge in [-0.2, -0.15) is 0 Å². The van der Waals surface area contributed by atoms with Crippen molar-refractivity contribution in [1.29, 1.82) is 0 Å². The second-order valence-electron chi connectivity index (χ2n) is 7.06. The molecule has 28 heavy (non-hydrogen) atoms. The molecule has 4 aromatic rings. The van der Waals surface area contributed by atoms with Crippen LogP contribution in [0.4, 0.5) is 0 Å². The smallest absolute Gasteiger partial charge is 0.226 e. The molecule has 1 aromatic heterocycles. The van der Waals surface area contributed by atoms with E-state index in [1.54, 1.807) is 0 Å². The quantitative estimate of drug-likeness (QED) is 0.544. The van der Waals surface area contributed by atoms with E-state index in [9.17, 15) is 4.79 Å². The Morgan fingerprint density at radius 3 is 2.11 bits per heavy atom. The molecule has 0 aliphatic heterocycles. The summed E-state index contributed by atoms with van der Waals surface area (Å²) in [6.07, 6.45) is 0.172. The molecule has 1 amide bonds. The van der Waals surface area contributed by atoms with Gasteiger partial charge in [-0.1, -0.05) is 65.8 Å². The molecular formula is C24H22N2O2. The lowest BCUT2D eigenvalue weighted by Crippen LogP contribution is -2.30. The third kappa shape index (κ3) is 3.67. The van der Waals surface area contributed by atoms with Crippen molar-refractivity contribution in [2.75, 3.05) is 0 Å². The second kappa shape index (κ2) is 7.69. The van der Waals surface area contributed by atoms with E-state index < -0.39 is 0 Å². The van der Waals surface area contributed by atoms with Gasteiger partial charge in [0.2, 0.25) is 5.91 Å². The fourth-order valence-corrected chi connectivity index (χ4v) is 3.39. The first-order valence-electron chi connectivity index (χ1n) is 9.36. The first-order valence-corrected chi connectivity index (χ1v) is 9.36. The van der Waals surface area contributed by atoms with Crippen LogP contribution >= 0.6 is 0 Å². The Balaban J connectivity index is 1.60. The van der Waals surface area contributed by atoms with Gasteiger partial charge in [-0.25, -0.2) is 0 Å². The average Bonchev–Trinajstić information content (AvgIpc) is 3.09. The summed E-state index contributed by atoms with van der Waals surface area (Å²) in [4.78, 5) is 12.9. The number of fused-ring (bicyclic) bond motifs is 1. The molecule has 1 N–H and O–H groups in total. The maximum absolute atomic E-state index is 12.9. The molecule has 0 unspecified atom stereocenters. The van der Waals surface area contributed by atoms with Crippen LogP contribution in [0.2, 0.25) is 0 Å². The fourth-order valence-electron chi connectivity index (χ4n) is 3.39. The minimum atomic E-state index is -0.211. The third-order valence-electron chi connectivity index (χ3n) is 5.06. The maximum atomic E-state index is 12.9. The first kappa shape index (κ1) is 18.0. The molecule has 0 spiro atoms. The van der Waals surface area contributed by atoms with Crippen LogP contribution in [0.15, 0.2) is 77.3 Å². The average molecular weight is 370 g/mol. The summed E-state index contributed by atoms with van der Waals surface area (Å²) < 4.78 is 5.43. The van der Waals surface area contributed by atoms with Crippen molar-refractivity contribution in [2.45, 2.75) is 26.3 Å². The van der Waals surface area contributed by atoms with Gasteiger partial charge in [0.1, 0.15) is 5.69 Å². The van der Waals surface area contributed by atoms with Gasteiger partial charge in [0.25, 0.3) is 0 Å². The van der Waals surface area contributed by atoms with Crippen molar-refractivity contribution in [3.63, 3.8) is 0 Å². The number of hydrogen-bond donors (Lipinski definition) is 1. The molecule has 1 heterocycles. The van der Waals surface area contributed by atoms with Crippen molar-refractivity contribution in [3.05, 3.63) is 101 Å². The predicted molar refractivity (Wildman–Crippen MR) is 110 cm³/mol. The molecule has 140 valence electrons. The largest absolute Gasteiger partial charge is 0.356 e. The summed E-state index contributed by atoms with van der Waals surface area (Å²) in [6.45, 7) is 4.08. The fraction of sp³-hybridized carbons (Fsp3) is 0.167. The number of hydrogen-bond acceptors (Lipinski definition) is 3. The molecule has 3 aromatic carbocycles. The van der Waals surface area contributed by atoms with Crippen molar-refractivity contribution in [2.24, 2.45) is 0 Å². The lowest BCUT2D eigenvalue weighted by molar-refractivity contribution is -0.121. The Hall–Kier alpha value is -3.40. The van der Waals surface area contributed by atoms with E-state index in [0.29, 0.717) is 11.3 Å². The highest BCUT2D eigenvalue weighted by Gasteiger charge is 2.19. The van der Waals surface area contributed by atoms with Crippen LogP contribution in [-0.2, 0) is 11.2 Å². The molecule has 0 atom stereocenters. The number of carbonyl (C=O) groups excluding carboxylic acids is 1. The van der Waals surface area contributed by atoms with Gasteiger partial charge in [-0.3, -0.25) is 4.79 Å². The van der Waals surface area contributed by atoms with Crippen molar-refractivity contribution < 1.29 is 9.32 Å². The molecule has 0 radical (unpaired) electrons. The molecule has 0 fully saturated rings. The van der Waals surface area contributed by atoms with Crippen LogP contribution in [0.3, 0.4) is 0 Å².